The number of allylic oxidation sites excluding steroid dienone is 2. The molecule has 8 rings (SSSR count). The van der Waals surface area contributed by atoms with Gasteiger partial charge in [0.25, 0.3) is 0 Å². The summed E-state index contributed by atoms with van der Waals surface area (Å²) in [5.74, 6) is -14.9. The van der Waals surface area contributed by atoms with Gasteiger partial charge in [-0.05, 0) is 148 Å². The Morgan fingerprint density at radius 1 is 0.368 bits per heavy atom. The lowest BCUT2D eigenvalue weighted by atomic mass is 9.75. The summed E-state index contributed by atoms with van der Waals surface area (Å²) in [7, 11) is 0. The van der Waals surface area contributed by atoms with Crippen molar-refractivity contribution >= 4 is 5.57 Å². The zero-order valence-electron chi connectivity index (χ0n) is 37.5. The van der Waals surface area contributed by atoms with Gasteiger partial charge < -0.3 is 9.47 Å². The van der Waals surface area contributed by atoms with E-state index < -0.39 is 86.5 Å². The number of hydrogen-bond donors (Lipinski definition) is 0. The number of benzene rings is 6. The van der Waals surface area contributed by atoms with Crippen molar-refractivity contribution in [3.8, 4) is 33.8 Å². The Balaban J connectivity index is 0.000000201. The molecular formula is C54H46F12O2. The van der Waals surface area contributed by atoms with Crippen LogP contribution in [0.15, 0.2) is 78.9 Å². The second-order valence-corrected chi connectivity index (χ2v) is 16.9. The highest BCUT2D eigenvalue weighted by atomic mass is 19.2. The van der Waals surface area contributed by atoms with Crippen molar-refractivity contribution in [2.45, 2.75) is 90.4 Å². The monoisotopic (exact) mass is 954 g/mol. The van der Waals surface area contributed by atoms with E-state index in [9.17, 15) is 48.3 Å². The first-order chi connectivity index (χ1) is 32.5. The van der Waals surface area contributed by atoms with Crippen LogP contribution in [0.2, 0.25) is 0 Å². The normalized spacial score (nSPS) is 17.1. The Morgan fingerprint density at radius 3 is 1.13 bits per heavy atom. The highest BCUT2D eigenvalue weighted by Crippen LogP contribution is 2.45. The Hall–Kier alpha value is -6.18. The molecule has 68 heavy (non-hydrogen) atoms. The summed E-state index contributed by atoms with van der Waals surface area (Å²) in [5.41, 5.74) is 0.0626. The Morgan fingerprint density at radius 2 is 0.706 bits per heavy atom. The van der Waals surface area contributed by atoms with Gasteiger partial charge in [0.05, 0.1) is 13.2 Å². The van der Waals surface area contributed by atoms with E-state index in [1.54, 1.807) is 32.1 Å². The molecule has 358 valence electrons. The molecule has 0 spiro atoms. The molecule has 0 bridgehead atoms. The first-order valence-corrected chi connectivity index (χ1v) is 22.2. The van der Waals surface area contributed by atoms with Crippen molar-refractivity contribution in [2.24, 2.45) is 0 Å². The van der Waals surface area contributed by atoms with E-state index >= 15 is 4.39 Å². The molecule has 14 heteroatoms. The third kappa shape index (κ3) is 9.73. The predicted octanol–water partition coefficient (Wildman–Crippen LogP) is 16.6. The summed E-state index contributed by atoms with van der Waals surface area (Å²) in [6.07, 6.45) is 4.66. The third-order valence-electron chi connectivity index (χ3n) is 12.9. The lowest BCUT2D eigenvalue weighted by molar-refractivity contribution is 0.314. The number of halogens is 12. The molecule has 0 aliphatic heterocycles. The van der Waals surface area contributed by atoms with Gasteiger partial charge in [-0.25, -0.2) is 43.9 Å². The van der Waals surface area contributed by atoms with Gasteiger partial charge in [-0.1, -0.05) is 54.6 Å². The van der Waals surface area contributed by atoms with Crippen molar-refractivity contribution in [1.29, 1.82) is 0 Å². The molecule has 1 atom stereocenters. The van der Waals surface area contributed by atoms with E-state index in [-0.39, 0.29) is 75.8 Å². The van der Waals surface area contributed by atoms with Crippen LogP contribution in [0.3, 0.4) is 0 Å². The number of aryl methyl sites for hydroxylation is 2. The minimum Gasteiger partial charge on any atom is -0.491 e. The van der Waals surface area contributed by atoms with Crippen molar-refractivity contribution < 1.29 is 62.2 Å². The van der Waals surface area contributed by atoms with E-state index in [0.29, 0.717) is 56.1 Å². The maximum atomic E-state index is 15.0. The number of rotatable bonds is 10. The molecular weight excluding hydrogens is 909 g/mol. The van der Waals surface area contributed by atoms with Crippen LogP contribution in [0.1, 0.15) is 110 Å². The van der Waals surface area contributed by atoms with Gasteiger partial charge in [-0.2, -0.15) is 8.78 Å². The van der Waals surface area contributed by atoms with Crippen LogP contribution in [-0.2, 0) is 0 Å². The molecule has 0 heterocycles. The quantitative estimate of drug-likeness (QED) is 0.127. The Labute approximate surface area is 386 Å². The van der Waals surface area contributed by atoms with Crippen LogP contribution in [0.25, 0.3) is 27.8 Å². The van der Waals surface area contributed by atoms with Crippen LogP contribution in [0, 0.1) is 83.7 Å². The fourth-order valence-electron chi connectivity index (χ4n) is 9.14. The average Bonchev–Trinajstić information content (AvgIpc) is 3.33. The van der Waals surface area contributed by atoms with Gasteiger partial charge in [0.15, 0.2) is 69.7 Å². The highest BCUT2D eigenvalue weighted by Gasteiger charge is 2.31. The number of hydrogen-bond acceptors (Lipinski definition) is 2. The highest BCUT2D eigenvalue weighted by molar-refractivity contribution is 5.73. The van der Waals surface area contributed by atoms with Crippen LogP contribution in [0.4, 0.5) is 52.7 Å². The summed E-state index contributed by atoms with van der Waals surface area (Å²) in [4.78, 5) is 0. The molecule has 6 aromatic rings. The average molecular weight is 955 g/mol. The molecule has 2 aliphatic rings. The molecule has 1 saturated carbocycles. The van der Waals surface area contributed by atoms with Crippen LogP contribution >= 0.6 is 0 Å². The van der Waals surface area contributed by atoms with Gasteiger partial charge in [0, 0.05) is 27.8 Å². The van der Waals surface area contributed by atoms with Gasteiger partial charge in [0.1, 0.15) is 0 Å². The molecule has 0 N–H and O–H groups in total. The number of ether oxygens (including phenoxy) is 2. The topological polar surface area (TPSA) is 18.5 Å². The second kappa shape index (κ2) is 21.0. The SMILES string of the molecule is CCOc1ccc(-c2ccc(C3=CCC(c4ccc(C)c(F)c4F)CC3)c(F)c2F)c(F)c1F.CCOc1ccc(-c2ccc(C3CCC(c4ccc(C)c(F)c4F)CC3)c(F)c2F)c(F)c1F. The first-order valence-electron chi connectivity index (χ1n) is 22.2. The molecule has 0 amide bonds. The Bertz CT molecular complexity index is 2880. The van der Waals surface area contributed by atoms with Crippen LogP contribution in [0.5, 0.6) is 11.5 Å². The predicted molar refractivity (Wildman–Crippen MR) is 236 cm³/mol. The van der Waals surface area contributed by atoms with Gasteiger partial charge in [-0.15, -0.1) is 0 Å². The first kappa shape index (κ1) is 49.7. The maximum Gasteiger partial charge on any atom is 0.201 e. The van der Waals surface area contributed by atoms with Crippen molar-refractivity contribution in [1.82, 2.24) is 0 Å². The zero-order valence-corrected chi connectivity index (χ0v) is 37.5. The van der Waals surface area contributed by atoms with Crippen molar-refractivity contribution in [3.63, 3.8) is 0 Å². The second-order valence-electron chi connectivity index (χ2n) is 16.9. The molecule has 2 aliphatic carbocycles. The van der Waals surface area contributed by atoms with Gasteiger partial charge in [0.2, 0.25) is 11.6 Å². The summed E-state index contributed by atoms with van der Waals surface area (Å²) < 4.78 is 184. The van der Waals surface area contributed by atoms with Crippen molar-refractivity contribution in [2.75, 3.05) is 13.2 Å². The molecule has 2 nitrogen and oxygen atoms in total. The molecule has 0 radical (unpaired) electrons. The van der Waals surface area contributed by atoms with E-state index in [2.05, 4.69) is 0 Å². The summed E-state index contributed by atoms with van der Waals surface area (Å²) in [6.45, 7) is 6.44. The van der Waals surface area contributed by atoms with E-state index in [4.69, 9.17) is 9.47 Å². The summed E-state index contributed by atoms with van der Waals surface area (Å²) in [5, 5.41) is 0. The summed E-state index contributed by atoms with van der Waals surface area (Å²) >= 11 is 0. The lowest BCUT2D eigenvalue weighted by Crippen LogP contribution is -2.15. The van der Waals surface area contributed by atoms with E-state index in [0.717, 1.165) is 12.1 Å². The smallest absolute Gasteiger partial charge is 0.201 e. The van der Waals surface area contributed by atoms with Crippen LogP contribution in [-0.4, -0.2) is 13.2 Å². The van der Waals surface area contributed by atoms with Crippen molar-refractivity contribution in [3.05, 3.63) is 182 Å². The van der Waals surface area contributed by atoms with E-state index in [1.165, 1.54) is 62.4 Å². The minimum atomic E-state index is -1.33. The molecule has 1 unspecified atom stereocenters. The Kier molecular flexibility index (Phi) is 15.3. The lowest BCUT2D eigenvalue weighted by Gasteiger charge is -2.30. The standard InChI is InChI=1S/C27H24F6O.C27H22F6O/c2*1-3-34-21-13-12-20(26(32)27(21)33)19-11-10-18(24(30)25(19)31)16-7-5-15(6-8-16)17-9-4-14(2)22(28)23(17)29/h4,9-13,15-16H,3,5-8H2,1-2H3;4,7,9-13,15H,3,5-6,8H2,1-2H3. The molecule has 0 aromatic heterocycles. The third-order valence-corrected chi connectivity index (χ3v) is 12.9. The largest absolute Gasteiger partial charge is 0.491 e. The van der Waals surface area contributed by atoms with Crippen LogP contribution < -0.4 is 9.47 Å². The fraction of sp³-hybridized carbons (Fsp3) is 0.296. The fourth-order valence-corrected chi connectivity index (χ4v) is 9.14. The zero-order chi connectivity index (χ0) is 49.1. The maximum absolute atomic E-state index is 15.0. The van der Waals surface area contributed by atoms with Gasteiger partial charge >= 0.3 is 0 Å². The molecule has 0 saturated heterocycles. The van der Waals surface area contributed by atoms with Gasteiger partial charge in [-0.3, -0.25) is 0 Å². The van der Waals surface area contributed by atoms with E-state index in [1.807, 2.05) is 0 Å². The molecule has 1 fully saturated rings. The molecule has 6 aromatic carbocycles. The summed E-state index contributed by atoms with van der Waals surface area (Å²) in [6, 6.07) is 16.0. The minimum absolute atomic E-state index is 0.00192.